The summed E-state index contributed by atoms with van der Waals surface area (Å²) in [6.45, 7) is 0. The molecule has 0 unspecified atom stereocenters. The summed E-state index contributed by atoms with van der Waals surface area (Å²) in [4.78, 5) is 15.7. The molecule has 0 amide bonds. The average Bonchev–Trinajstić information content (AvgIpc) is 2.48. The van der Waals surface area contributed by atoms with Gasteiger partial charge in [-0.3, -0.25) is 9.97 Å². The van der Waals surface area contributed by atoms with Gasteiger partial charge in [-0.1, -0.05) is 12.2 Å². The van der Waals surface area contributed by atoms with Crippen molar-refractivity contribution < 1.29 is 0 Å². The minimum atomic E-state index is 0.546. The highest BCUT2D eigenvalue weighted by Crippen LogP contribution is 2.20. The third-order valence-corrected chi connectivity index (χ3v) is 2.88. The molecule has 5 heteroatoms. The van der Waals surface area contributed by atoms with E-state index in [9.17, 15) is 0 Å². The van der Waals surface area contributed by atoms with Crippen LogP contribution in [-0.2, 0) is 0 Å². The first-order chi connectivity index (χ1) is 9.33. The first-order valence-electron chi connectivity index (χ1n) is 5.75. The van der Waals surface area contributed by atoms with Gasteiger partial charge < -0.3 is 4.98 Å². The number of hydrogen-bond acceptors (Lipinski definition) is 4. The van der Waals surface area contributed by atoms with Crippen molar-refractivity contribution in [3.63, 3.8) is 0 Å². The molecule has 0 aliphatic heterocycles. The van der Waals surface area contributed by atoms with Gasteiger partial charge in [-0.2, -0.15) is 0 Å². The Balaban J connectivity index is 2.15. The summed E-state index contributed by atoms with van der Waals surface area (Å²) in [7, 11) is 0. The molecular formula is C14H10N4S. The van der Waals surface area contributed by atoms with Crippen LogP contribution in [0.1, 0.15) is 0 Å². The van der Waals surface area contributed by atoms with Gasteiger partial charge in [0.25, 0.3) is 0 Å². The van der Waals surface area contributed by atoms with E-state index in [0.717, 1.165) is 22.6 Å². The number of aromatic nitrogens is 4. The first-order valence-corrected chi connectivity index (χ1v) is 6.16. The molecule has 0 aromatic carbocycles. The molecule has 0 saturated carbocycles. The molecule has 0 atom stereocenters. The summed E-state index contributed by atoms with van der Waals surface area (Å²) in [6.07, 6.45) is 6.98. The van der Waals surface area contributed by atoms with Gasteiger partial charge in [0.05, 0.1) is 5.69 Å². The number of aromatic amines is 1. The Bertz CT molecular complexity index is 677. The highest BCUT2D eigenvalue weighted by Gasteiger charge is 2.04. The van der Waals surface area contributed by atoms with Gasteiger partial charge in [-0.05, 0) is 30.3 Å². The highest BCUT2D eigenvalue weighted by molar-refractivity contribution is 7.71. The fourth-order valence-electron chi connectivity index (χ4n) is 1.78. The molecule has 1 N–H and O–H groups in total. The Morgan fingerprint density at radius 2 is 1.79 bits per heavy atom. The molecule has 0 fully saturated rings. The summed E-state index contributed by atoms with van der Waals surface area (Å²) in [5.74, 6) is 0.730. The topological polar surface area (TPSA) is 54.5 Å². The molecule has 0 aliphatic carbocycles. The molecule has 92 valence electrons. The van der Waals surface area contributed by atoms with Crippen LogP contribution < -0.4 is 0 Å². The monoisotopic (exact) mass is 266 g/mol. The standard InChI is InChI=1S/C14H10N4S/c19-13-8-12(11-2-1-5-16-9-11)17-14(18-13)10-3-6-15-7-4-10/h1-9H,(H,17,18,19). The Morgan fingerprint density at radius 3 is 2.53 bits per heavy atom. The lowest BCUT2D eigenvalue weighted by Crippen LogP contribution is -1.93. The van der Waals surface area contributed by atoms with E-state index >= 15 is 0 Å². The van der Waals surface area contributed by atoms with Gasteiger partial charge in [0.1, 0.15) is 10.5 Å². The predicted molar refractivity (Wildman–Crippen MR) is 75.9 cm³/mol. The summed E-state index contributed by atoms with van der Waals surface area (Å²) in [5, 5.41) is 0. The van der Waals surface area contributed by atoms with Crippen molar-refractivity contribution in [1.82, 2.24) is 19.9 Å². The molecule has 3 aromatic heterocycles. The smallest absolute Gasteiger partial charge is 0.139 e. The lowest BCUT2D eigenvalue weighted by atomic mass is 10.2. The van der Waals surface area contributed by atoms with Crippen LogP contribution in [0.5, 0.6) is 0 Å². The largest absolute Gasteiger partial charge is 0.339 e. The third-order valence-electron chi connectivity index (χ3n) is 2.67. The van der Waals surface area contributed by atoms with E-state index in [2.05, 4.69) is 19.9 Å². The zero-order valence-corrected chi connectivity index (χ0v) is 10.8. The Labute approximate surface area is 115 Å². The molecule has 3 rings (SSSR count). The van der Waals surface area contributed by atoms with Gasteiger partial charge in [0, 0.05) is 35.9 Å². The van der Waals surface area contributed by atoms with Crippen LogP contribution in [0.15, 0.2) is 55.1 Å². The third kappa shape index (κ3) is 2.56. The molecule has 3 aromatic rings. The molecule has 0 radical (unpaired) electrons. The van der Waals surface area contributed by atoms with Crippen LogP contribution in [-0.4, -0.2) is 19.9 Å². The first kappa shape index (κ1) is 11.7. The average molecular weight is 266 g/mol. The normalized spacial score (nSPS) is 10.3. The zero-order valence-electron chi connectivity index (χ0n) is 9.95. The minimum Gasteiger partial charge on any atom is -0.339 e. The van der Waals surface area contributed by atoms with E-state index in [1.807, 2.05) is 30.3 Å². The van der Waals surface area contributed by atoms with Crippen molar-refractivity contribution in [1.29, 1.82) is 0 Å². The molecule has 0 spiro atoms. The summed E-state index contributed by atoms with van der Waals surface area (Å²) < 4.78 is 0.546. The molecule has 0 aliphatic rings. The van der Waals surface area contributed by atoms with Crippen LogP contribution in [0, 0.1) is 4.64 Å². The maximum absolute atomic E-state index is 5.22. The van der Waals surface area contributed by atoms with Gasteiger partial charge in [-0.25, -0.2) is 4.98 Å². The van der Waals surface area contributed by atoms with Crippen LogP contribution in [0.4, 0.5) is 0 Å². The maximum atomic E-state index is 5.22. The number of hydrogen-bond donors (Lipinski definition) is 1. The minimum absolute atomic E-state index is 0.546. The molecule has 3 heterocycles. The lowest BCUT2D eigenvalue weighted by molar-refractivity contribution is 1.15. The number of pyridine rings is 2. The molecule has 0 saturated heterocycles. The van der Waals surface area contributed by atoms with E-state index in [1.54, 1.807) is 24.8 Å². The Hall–Kier alpha value is -2.40. The van der Waals surface area contributed by atoms with Crippen molar-refractivity contribution in [2.75, 3.05) is 0 Å². The van der Waals surface area contributed by atoms with Crippen molar-refractivity contribution in [2.24, 2.45) is 0 Å². The number of rotatable bonds is 2. The SMILES string of the molecule is S=c1cc(-c2cccnc2)[nH]c(-c2ccncc2)n1. The van der Waals surface area contributed by atoms with E-state index in [4.69, 9.17) is 12.2 Å². The van der Waals surface area contributed by atoms with Gasteiger partial charge in [0.2, 0.25) is 0 Å². The maximum Gasteiger partial charge on any atom is 0.139 e. The lowest BCUT2D eigenvalue weighted by Gasteiger charge is -2.05. The second kappa shape index (κ2) is 5.07. The van der Waals surface area contributed by atoms with Gasteiger partial charge in [-0.15, -0.1) is 0 Å². The molecule has 4 nitrogen and oxygen atoms in total. The second-order valence-electron chi connectivity index (χ2n) is 3.96. The zero-order chi connectivity index (χ0) is 13.1. The number of H-pyrrole nitrogens is 1. The van der Waals surface area contributed by atoms with Crippen molar-refractivity contribution in [2.45, 2.75) is 0 Å². The summed E-state index contributed by atoms with van der Waals surface area (Å²) >= 11 is 5.22. The fraction of sp³-hybridized carbons (Fsp3) is 0. The quantitative estimate of drug-likeness (QED) is 0.723. The van der Waals surface area contributed by atoms with Gasteiger partial charge >= 0.3 is 0 Å². The van der Waals surface area contributed by atoms with Crippen LogP contribution in [0.2, 0.25) is 0 Å². The molecule has 19 heavy (non-hydrogen) atoms. The molecule has 0 bridgehead atoms. The second-order valence-corrected chi connectivity index (χ2v) is 4.38. The van der Waals surface area contributed by atoms with E-state index in [1.165, 1.54) is 0 Å². The summed E-state index contributed by atoms with van der Waals surface area (Å²) in [5.41, 5.74) is 2.83. The Morgan fingerprint density at radius 1 is 0.947 bits per heavy atom. The highest BCUT2D eigenvalue weighted by atomic mass is 32.1. The van der Waals surface area contributed by atoms with Crippen molar-refractivity contribution in [3.8, 4) is 22.6 Å². The van der Waals surface area contributed by atoms with E-state index in [-0.39, 0.29) is 0 Å². The van der Waals surface area contributed by atoms with E-state index in [0.29, 0.717) is 4.64 Å². The van der Waals surface area contributed by atoms with Crippen LogP contribution in [0.3, 0.4) is 0 Å². The van der Waals surface area contributed by atoms with Gasteiger partial charge in [0.15, 0.2) is 0 Å². The number of nitrogens with one attached hydrogen (secondary N) is 1. The number of nitrogens with zero attached hydrogens (tertiary/aromatic N) is 3. The Kier molecular flexibility index (Phi) is 3.12. The van der Waals surface area contributed by atoms with Crippen LogP contribution in [0.25, 0.3) is 22.6 Å². The predicted octanol–water partition coefficient (Wildman–Crippen LogP) is 3.26. The van der Waals surface area contributed by atoms with Crippen molar-refractivity contribution >= 4 is 12.2 Å². The molecular weight excluding hydrogens is 256 g/mol. The van der Waals surface area contributed by atoms with Crippen molar-refractivity contribution in [3.05, 3.63) is 59.8 Å². The van der Waals surface area contributed by atoms with Crippen LogP contribution >= 0.6 is 12.2 Å². The summed E-state index contributed by atoms with van der Waals surface area (Å²) in [6, 6.07) is 9.47. The van der Waals surface area contributed by atoms with E-state index < -0.39 is 0 Å². The fourth-order valence-corrected chi connectivity index (χ4v) is 1.99.